The van der Waals surface area contributed by atoms with Crippen molar-refractivity contribution in [2.24, 2.45) is 0 Å². The second kappa shape index (κ2) is 5.30. The molecular weight excluding hydrogens is 244 g/mol. The van der Waals surface area contributed by atoms with Crippen LogP contribution in [0.5, 0.6) is 11.5 Å². The number of amides is 1. The molecule has 0 bridgehead atoms. The molecule has 2 rings (SSSR count). The number of phenolic OH excluding ortho intramolecular Hbond substituents is 1. The highest BCUT2D eigenvalue weighted by molar-refractivity contribution is 6.06. The number of phenols is 1. The number of para-hydroxylation sites is 1. The van der Waals surface area contributed by atoms with Gasteiger partial charge in [0.1, 0.15) is 11.5 Å². The molecular formula is C14H14N2O3. The lowest BCUT2D eigenvalue weighted by molar-refractivity contribution is 0.102. The molecule has 2 aromatic rings. The quantitative estimate of drug-likeness (QED) is 0.737. The topological polar surface area (TPSA) is 84.6 Å². The van der Waals surface area contributed by atoms with Gasteiger partial charge in [-0.1, -0.05) is 12.1 Å². The molecule has 0 aliphatic heterocycles. The monoisotopic (exact) mass is 258 g/mol. The number of methoxy groups -OCH3 is 1. The SMILES string of the molecule is COc1ccc(NC(=O)c2ccccc2O)cc1N. The van der Waals surface area contributed by atoms with Crippen LogP contribution in [-0.4, -0.2) is 18.1 Å². The number of hydrogen-bond donors (Lipinski definition) is 3. The Labute approximate surface area is 110 Å². The highest BCUT2D eigenvalue weighted by atomic mass is 16.5. The molecule has 0 fully saturated rings. The van der Waals surface area contributed by atoms with Gasteiger partial charge in [0.25, 0.3) is 5.91 Å². The first-order valence-electron chi connectivity index (χ1n) is 5.64. The Morgan fingerprint density at radius 3 is 2.63 bits per heavy atom. The Morgan fingerprint density at radius 1 is 1.26 bits per heavy atom. The number of benzene rings is 2. The molecule has 0 aromatic heterocycles. The predicted molar refractivity (Wildman–Crippen MR) is 73.5 cm³/mol. The first-order valence-corrected chi connectivity index (χ1v) is 5.64. The fraction of sp³-hybridized carbons (Fsp3) is 0.0714. The smallest absolute Gasteiger partial charge is 0.259 e. The number of anilines is 2. The van der Waals surface area contributed by atoms with Crippen LogP contribution in [0.3, 0.4) is 0 Å². The van der Waals surface area contributed by atoms with Crippen LogP contribution >= 0.6 is 0 Å². The van der Waals surface area contributed by atoms with E-state index in [-0.39, 0.29) is 11.3 Å². The van der Waals surface area contributed by atoms with Crippen molar-refractivity contribution in [2.75, 3.05) is 18.2 Å². The normalized spacial score (nSPS) is 9.95. The number of nitrogens with two attached hydrogens (primary N) is 1. The lowest BCUT2D eigenvalue weighted by atomic mass is 10.2. The minimum atomic E-state index is -0.400. The Morgan fingerprint density at radius 2 is 2.00 bits per heavy atom. The molecule has 4 N–H and O–H groups in total. The van der Waals surface area contributed by atoms with E-state index in [0.29, 0.717) is 17.1 Å². The van der Waals surface area contributed by atoms with E-state index in [0.717, 1.165) is 0 Å². The van der Waals surface area contributed by atoms with Crippen LogP contribution in [0.2, 0.25) is 0 Å². The van der Waals surface area contributed by atoms with Crippen molar-refractivity contribution in [1.29, 1.82) is 0 Å². The third-order valence-corrected chi connectivity index (χ3v) is 2.64. The fourth-order valence-electron chi connectivity index (χ4n) is 1.68. The van der Waals surface area contributed by atoms with E-state index in [2.05, 4.69) is 5.32 Å². The Bertz CT molecular complexity index is 611. The van der Waals surface area contributed by atoms with E-state index >= 15 is 0 Å². The molecule has 5 nitrogen and oxygen atoms in total. The van der Waals surface area contributed by atoms with Crippen molar-refractivity contribution >= 4 is 17.3 Å². The number of hydrogen-bond acceptors (Lipinski definition) is 4. The fourth-order valence-corrected chi connectivity index (χ4v) is 1.68. The molecule has 98 valence electrons. The summed E-state index contributed by atoms with van der Waals surface area (Å²) in [6.45, 7) is 0. The van der Waals surface area contributed by atoms with Crippen LogP contribution in [0.1, 0.15) is 10.4 Å². The average Bonchev–Trinajstić information content (AvgIpc) is 2.39. The minimum Gasteiger partial charge on any atom is -0.507 e. The van der Waals surface area contributed by atoms with E-state index in [1.165, 1.54) is 19.2 Å². The molecule has 0 atom stereocenters. The van der Waals surface area contributed by atoms with Crippen LogP contribution < -0.4 is 15.8 Å². The Hall–Kier alpha value is -2.69. The van der Waals surface area contributed by atoms with Crippen molar-refractivity contribution < 1.29 is 14.6 Å². The number of carbonyl (C=O) groups excluding carboxylic acids is 1. The molecule has 0 saturated carbocycles. The molecule has 2 aromatic carbocycles. The van der Waals surface area contributed by atoms with E-state index in [9.17, 15) is 9.90 Å². The maximum absolute atomic E-state index is 12.0. The largest absolute Gasteiger partial charge is 0.507 e. The van der Waals surface area contributed by atoms with E-state index in [1.54, 1.807) is 30.3 Å². The first-order chi connectivity index (χ1) is 9.11. The zero-order chi connectivity index (χ0) is 13.8. The summed E-state index contributed by atoms with van der Waals surface area (Å²) in [7, 11) is 1.52. The van der Waals surface area contributed by atoms with Crippen LogP contribution in [0.15, 0.2) is 42.5 Å². The summed E-state index contributed by atoms with van der Waals surface area (Å²) < 4.78 is 5.03. The number of nitrogens with one attached hydrogen (secondary N) is 1. The van der Waals surface area contributed by atoms with Crippen LogP contribution in [0, 0.1) is 0 Å². The molecule has 1 amide bonds. The molecule has 0 spiro atoms. The van der Waals surface area contributed by atoms with Gasteiger partial charge < -0.3 is 20.9 Å². The average molecular weight is 258 g/mol. The van der Waals surface area contributed by atoms with Gasteiger partial charge in [0.2, 0.25) is 0 Å². The Kier molecular flexibility index (Phi) is 3.56. The third-order valence-electron chi connectivity index (χ3n) is 2.64. The number of rotatable bonds is 3. The summed E-state index contributed by atoms with van der Waals surface area (Å²) in [5.41, 5.74) is 6.92. The zero-order valence-corrected chi connectivity index (χ0v) is 10.4. The van der Waals surface area contributed by atoms with Crippen molar-refractivity contribution in [1.82, 2.24) is 0 Å². The zero-order valence-electron chi connectivity index (χ0n) is 10.4. The van der Waals surface area contributed by atoms with E-state index in [1.807, 2.05) is 0 Å². The molecule has 0 heterocycles. The van der Waals surface area contributed by atoms with Gasteiger partial charge in [-0.15, -0.1) is 0 Å². The summed E-state index contributed by atoms with van der Waals surface area (Å²) >= 11 is 0. The summed E-state index contributed by atoms with van der Waals surface area (Å²) in [5, 5.41) is 12.2. The summed E-state index contributed by atoms with van der Waals surface area (Å²) in [5.74, 6) is 0.0738. The van der Waals surface area contributed by atoms with Gasteiger partial charge in [-0.05, 0) is 30.3 Å². The maximum Gasteiger partial charge on any atom is 0.259 e. The number of aromatic hydroxyl groups is 1. The van der Waals surface area contributed by atoms with Gasteiger partial charge in [-0.2, -0.15) is 0 Å². The molecule has 0 radical (unpaired) electrons. The van der Waals surface area contributed by atoms with Crippen molar-refractivity contribution in [3.63, 3.8) is 0 Å². The summed E-state index contributed by atoms with van der Waals surface area (Å²) in [6.07, 6.45) is 0. The molecule has 0 saturated heterocycles. The molecule has 0 aliphatic carbocycles. The predicted octanol–water partition coefficient (Wildman–Crippen LogP) is 2.24. The van der Waals surface area contributed by atoms with Crippen LogP contribution in [0.25, 0.3) is 0 Å². The lowest BCUT2D eigenvalue weighted by Crippen LogP contribution is -2.12. The highest BCUT2D eigenvalue weighted by Crippen LogP contribution is 2.25. The lowest BCUT2D eigenvalue weighted by Gasteiger charge is -2.09. The van der Waals surface area contributed by atoms with Gasteiger partial charge in [0.15, 0.2) is 0 Å². The summed E-state index contributed by atoms with van der Waals surface area (Å²) in [6, 6.07) is 11.3. The van der Waals surface area contributed by atoms with Crippen LogP contribution in [0.4, 0.5) is 11.4 Å². The second-order valence-electron chi connectivity index (χ2n) is 3.93. The van der Waals surface area contributed by atoms with Gasteiger partial charge >= 0.3 is 0 Å². The van der Waals surface area contributed by atoms with Crippen LogP contribution in [-0.2, 0) is 0 Å². The van der Waals surface area contributed by atoms with Crippen molar-refractivity contribution in [3.8, 4) is 11.5 Å². The highest BCUT2D eigenvalue weighted by Gasteiger charge is 2.11. The maximum atomic E-state index is 12.0. The van der Waals surface area contributed by atoms with Gasteiger partial charge in [-0.3, -0.25) is 4.79 Å². The molecule has 0 unspecified atom stereocenters. The second-order valence-corrected chi connectivity index (χ2v) is 3.93. The molecule has 0 aliphatic rings. The van der Waals surface area contributed by atoms with Crippen molar-refractivity contribution in [3.05, 3.63) is 48.0 Å². The number of carbonyl (C=O) groups is 1. The van der Waals surface area contributed by atoms with Gasteiger partial charge in [0, 0.05) is 5.69 Å². The van der Waals surface area contributed by atoms with Gasteiger partial charge in [-0.25, -0.2) is 0 Å². The van der Waals surface area contributed by atoms with Gasteiger partial charge in [0.05, 0.1) is 18.4 Å². The first kappa shape index (κ1) is 12.8. The minimum absolute atomic E-state index is 0.0681. The molecule has 5 heteroatoms. The third kappa shape index (κ3) is 2.77. The van der Waals surface area contributed by atoms with E-state index in [4.69, 9.17) is 10.5 Å². The Balaban J connectivity index is 2.20. The molecule has 19 heavy (non-hydrogen) atoms. The number of ether oxygens (including phenoxy) is 1. The standard InChI is InChI=1S/C14H14N2O3/c1-19-13-7-6-9(8-11(13)15)16-14(18)10-4-2-3-5-12(10)17/h2-8,17H,15H2,1H3,(H,16,18). The van der Waals surface area contributed by atoms with Crippen molar-refractivity contribution in [2.45, 2.75) is 0 Å². The summed E-state index contributed by atoms with van der Waals surface area (Å²) in [4.78, 5) is 12.0. The van der Waals surface area contributed by atoms with E-state index < -0.39 is 5.91 Å². The number of nitrogen functional groups attached to an aromatic ring is 1.